The van der Waals surface area contributed by atoms with Crippen LogP contribution in [0.3, 0.4) is 0 Å². The lowest BCUT2D eigenvalue weighted by molar-refractivity contribution is 0.102. The third kappa shape index (κ3) is 2.06. The van der Waals surface area contributed by atoms with Gasteiger partial charge in [-0.3, -0.25) is 4.48 Å². The zero-order valence-electron chi connectivity index (χ0n) is 7.95. The Labute approximate surface area is 74.0 Å². The van der Waals surface area contributed by atoms with Crippen molar-refractivity contribution in [2.24, 2.45) is 0 Å². The van der Waals surface area contributed by atoms with E-state index in [4.69, 9.17) is 4.74 Å². The molecule has 1 aromatic rings. The van der Waals surface area contributed by atoms with E-state index < -0.39 is 0 Å². The lowest BCUT2D eigenvalue weighted by atomic mass is 10.3. The maximum atomic E-state index is 5.13. The van der Waals surface area contributed by atoms with Crippen molar-refractivity contribution in [2.75, 3.05) is 27.9 Å². The molecular weight excluding hydrogens is 150 g/mol. The number of methoxy groups -OCH3 is 1. The van der Waals surface area contributed by atoms with E-state index in [0.717, 1.165) is 4.48 Å². The number of ether oxygens (including phenoxy) is 1. The first-order valence-corrected chi connectivity index (χ1v) is 4.04. The Hall–Kier alpha value is -0.860. The molecule has 0 fully saturated rings. The second-order valence-corrected chi connectivity index (χ2v) is 3.44. The predicted octanol–water partition coefficient (Wildman–Crippen LogP) is 1.86. The summed E-state index contributed by atoms with van der Waals surface area (Å²) >= 11 is 0. The fraction of sp³-hybridized carbons (Fsp3) is 0.400. The summed E-state index contributed by atoms with van der Waals surface area (Å²) in [5, 5.41) is 0. The largest absolute Gasteiger partial charge is 0.335 e. The summed E-state index contributed by atoms with van der Waals surface area (Å²) in [7, 11) is 5.97. The molecule has 0 aliphatic carbocycles. The molecule has 2 nitrogen and oxygen atoms in total. The molecule has 0 saturated heterocycles. The van der Waals surface area contributed by atoms with E-state index in [1.807, 2.05) is 18.2 Å². The van der Waals surface area contributed by atoms with Crippen molar-refractivity contribution in [1.82, 2.24) is 4.48 Å². The lowest BCUT2D eigenvalue weighted by Gasteiger charge is -2.27. The molecule has 0 bridgehead atoms. The number of benzene rings is 1. The van der Waals surface area contributed by atoms with Crippen LogP contribution in [0.1, 0.15) is 0 Å². The number of hydrogen-bond donors (Lipinski definition) is 0. The second kappa shape index (κ2) is 3.70. The fourth-order valence-electron chi connectivity index (χ4n) is 1.23. The molecule has 0 heterocycles. The maximum absolute atomic E-state index is 5.13. The quantitative estimate of drug-likeness (QED) is 0.492. The molecule has 0 aromatic heterocycles. The Kier molecular flexibility index (Phi) is 2.84. The van der Waals surface area contributed by atoms with Gasteiger partial charge in [-0.1, -0.05) is 18.2 Å². The van der Waals surface area contributed by atoms with E-state index >= 15 is 0 Å². The van der Waals surface area contributed by atoms with Crippen LogP contribution < -0.4 is 4.48 Å². The average Bonchev–Trinajstić information content (AvgIpc) is 2.06. The minimum absolute atomic E-state index is 0.698. The third-order valence-electron chi connectivity index (χ3n) is 1.91. The number of hydrogen-bond acceptors (Lipinski definition) is 1. The molecule has 12 heavy (non-hydrogen) atoms. The minimum atomic E-state index is 0.698. The highest BCUT2D eigenvalue weighted by molar-refractivity contribution is 5.40. The van der Waals surface area contributed by atoms with Gasteiger partial charge in [0, 0.05) is 7.11 Å². The Bertz CT molecular complexity index is 231. The first-order valence-electron chi connectivity index (χ1n) is 4.04. The highest BCUT2D eigenvalue weighted by atomic mass is 16.5. The van der Waals surface area contributed by atoms with Crippen LogP contribution in [0.5, 0.6) is 0 Å². The van der Waals surface area contributed by atoms with Crippen molar-refractivity contribution >= 4 is 5.69 Å². The van der Waals surface area contributed by atoms with Crippen LogP contribution in [-0.4, -0.2) is 27.9 Å². The van der Waals surface area contributed by atoms with Crippen LogP contribution in [0.4, 0.5) is 5.69 Å². The Morgan fingerprint density at radius 1 is 1.17 bits per heavy atom. The summed E-state index contributed by atoms with van der Waals surface area (Å²) in [6, 6.07) is 10.3. The van der Waals surface area contributed by atoms with E-state index in [1.165, 1.54) is 5.69 Å². The molecule has 2 heteroatoms. The molecule has 0 spiro atoms. The molecule has 0 radical (unpaired) electrons. The number of rotatable bonds is 3. The van der Waals surface area contributed by atoms with Gasteiger partial charge in [0.05, 0.1) is 14.1 Å². The van der Waals surface area contributed by atoms with E-state index in [0.29, 0.717) is 6.73 Å². The van der Waals surface area contributed by atoms with Crippen molar-refractivity contribution < 1.29 is 4.74 Å². The fourth-order valence-corrected chi connectivity index (χ4v) is 1.23. The van der Waals surface area contributed by atoms with Crippen molar-refractivity contribution in [3.63, 3.8) is 0 Å². The first kappa shape index (κ1) is 9.23. The molecule has 0 atom stereocenters. The number of para-hydroxylation sites is 1. The van der Waals surface area contributed by atoms with Crippen LogP contribution in [0.2, 0.25) is 0 Å². The van der Waals surface area contributed by atoms with Crippen molar-refractivity contribution in [3.8, 4) is 0 Å². The summed E-state index contributed by atoms with van der Waals surface area (Å²) in [5.74, 6) is 0. The van der Waals surface area contributed by atoms with Crippen molar-refractivity contribution in [2.45, 2.75) is 0 Å². The van der Waals surface area contributed by atoms with Crippen LogP contribution >= 0.6 is 0 Å². The van der Waals surface area contributed by atoms with Gasteiger partial charge in [-0.05, 0) is 12.1 Å². The third-order valence-corrected chi connectivity index (χ3v) is 1.91. The van der Waals surface area contributed by atoms with E-state index in [-0.39, 0.29) is 0 Å². The van der Waals surface area contributed by atoms with Gasteiger partial charge in [0.15, 0.2) is 6.73 Å². The van der Waals surface area contributed by atoms with Gasteiger partial charge in [0.2, 0.25) is 0 Å². The van der Waals surface area contributed by atoms with E-state index in [9.17, 15) is 0 Å². The standard InChI is InChI=1S/C10H16NO/c1-11(2,9-12-3)10-7-5-4-6-8-10/h4-8H,9H2,1-3H3/q+1. The summed E-state index contributed by atoms with van der Waals surface area (Å²) in [4.78, 5) is 0. The summed E-state index contributed by atoms with van der Waals surface area (Å²) in [5.41, 5.74) is 1.26. The zero-order valence-corrected chi connectivity index (χ0v) is 7.95. The highest BCUT2D eigenvalue weighted by Crippen LogP contribution is 2.16. The molecule has 0 aliphatic rings. The Morgan fingerprint density at radius 2 is 1.75 bits per heavy atom. The molecule has 1 rings (SSSR count). The van der Waals surface area contributed by atoms with E-state index in [2.05, 4.69) is 26.2 Å². The topological polar surface area (TPSA) is 9.23 Å². The van der Waals surface area contributed by atoms with E-state index in [1.54, 1.807) is 7.11 Å². The van der Waals surface area contributed by atoms with Gasteiger partial charge >= 0.3 is 0 Å². The van der Waals surface area contributed by atoms with Crippen molar-refractivity contribution in [3.05, 3.63) is 30.3 Å². The Balaban J connectivity index is 2.82. The van der Waals surface area contributed by atoms with Crippen LogP contribution in [0, 0.1) is 0 Å². The summed E-state index contributed by atoms with van der Waals surface area (Å²) in [6.07, 6.45) is 0. The molecule has 0 unspecified atom stereocenters. The lowest BCUT2D eigenvalue weighted by Crippen LogP contribution is -2.41. The molecular formula is C10H16NO+. The first-order chi connectivity index (χ1) is 5.67. The molecule has 66 valence electrons. The van der Waals surface area contributed by atoms with Gasteiger partial charge in [-0.2, -0.15) is 0 Å². The second-order valence-electron chi connectivity index (χ2n) is 3.44. The normalized spacial score (nSPS) is 11.6. The minimum Gasteiger partial charge on any atom is -0.335 e. The average molecular weight is 166 g/mol. The molecule has 1 aromatic carbocycles. The van der Waals surface area contributed by atoms with Crippen LogP contribution in [0.15, 0.2) is 30.3 Å². The van der Waals surface area contributed by atoms with Gasteiger partial charge < -0.3 is 4.74 Å². The zero-order chi connectivity index (χ0) is 9.03. The van der Waals surface area contributed by atoms with Gasteiger partial charge in [0.1, 0.15) is 5.69 Å². The maximum Gasteiger partial charge on any atom is 0.187 e. The molecule has 0 amide bonds. The van der Waals surface area contributed by atoms with Crippen LogP contribution in [0.25, 0.3) is 0 Å². The van der Waals surface area contributed by atoms with Crippen LogP contribution in [-0.2, 0) is 4.74 Å². The molecule has 0 N–H and O–H groups in total. The van der Waals surface area contributed by atoms with Gasteiger partial charge in [-0.15, -0.1) is 0 Å². The SMILES string of the molecule is COC[N+](C)(C)c1ccccc1. The number of quaternary nitrogens is 1. The summed E-state index contributed by atoms with van der Waals surface area (Å²) < 4.78 is 5.89. The van der Waals surface area contributed by atoms with Crippen molar-refractivity contribution in [1.29, 1.82) is 0 Å². The smallest absolute Gasteiger partial charge is 0.187 e. The Morgan fingerprint density at radius 3 is 2.25 bits per heavy atom. The predicted molar refractivity (Wildman–Crippen MR) is 52.0 cm³/mol. The molecule has 0 aliphatic heterocycles. The number of nitrogens with zero attached hydrogens (tertiary/aromatic N) is 1. The highest BCUT2D eigenvalue weighted by Gasteiger charge is 2.16. The molecule has 0 saturated carbocycles. The monoisotopic (exact) mass is 166 g/mol. The van der Waals surface area contributed by atoms with Gasteiger partial charge in [0.25, 0.3) is 0 Å². The summed E-state index contributed by atoms with van der Waals surface area (Å²) in [6.45, 7) is 0.698. The van der Waals surface area contributed by atoms with Gasteiger partial charge in [-0.25, -0.2) is 0 Å².